The van der Waals surface area contributed by atoms with Crippen molar-refractivity contribution >= 4 is 27.5 Å². The van der Waals surface area contributed by atoms with Crippen LogP contribution < -0.4 is 9.64 Å². The molecule has 0 aliphatic carbocycles. The Morgan fingerprint density at radius 2 is 1.96 bits per heavy atom. The van der Waals surface area contributed by atoms with Gasteiger partial charge in [0.1, 0.15) is 5.75 Å². The van der Waals surface area contributed by atoms with Crippen LogP contribution in [0.25, 0.3) is 0 Å². The molecule has 2 aromatic carbocycles. The number of para-hydroxylation sites is 1. The Morgan fingerprint density at radius 3 is 2.73 bits per heavy atom. The average molecular weight is 418 g/mol. The largest absolute Gasteiger partial charge is 0.493 e. The van der Waals surface area contributed by atoms with Crippen molar-refractivity contribution in [1.29, 1.82) is 0 Å². The summed E-state index contributed by atoms with van der Waals surface area (Å²) in [7, 11) is 0. The second-order valence-corrected chi connectivity index (χ2v) is 7.31. The van der Waals surface area contributed by atoms with Gasteiger partial charge in [0.25, 0.3) is 11.7 Å². The monoisotopic (exact) mass is 417 g/mol. The summed E-state index contributed by atoms with van der Waals surface area (Å²) in [5.74, 6) is -0.557. The molecular weight excluding hydrogens is 398 g/mol. The van der Waals surface area contributed by atoms with Gasteiger partial charge in [-0.2, -0.15) is 0 Å². The number of anilines is 1. The zero-order valence-electron chi connectivity index (χ0n) is 14.5. The van der Waals surface area contributed by atoms with Gasteiger partial charge in [0.05, 0.1) is 25.5 Å². The van der Waals surface area contributed by atoms with Crippen molar-refractivity contribution < 1.29 is 19.0 Å². The van der Waals surface area contributed by atoms with Crippen molar-refractivity contribution in [3.8, 4) is 5.75 Å². The van der Waals surface area contributed by atoms with Gasteiger partial charge in [-0.1, -0.05) is 34.1 Å². The van der Waals surface area contributed by atoms with E-state index in [1.165, 1.54) is 0 Å². The highest BCUT2D eigenvalue weighted by Gasteiger charge is 2.55. The lowest BCUT2D eigenvalue weighted by molar-refractivity contribution is -0.180. The van der Waals surface area contributed by atoms with Crippen LogP contribution in [0.5, 0.6) is 5.75 Å². The maximum Gasteiger partial charge on any atom is 0.292 e. The SMILES string of the molecule is Cc1ccccc1OCCCN1C(=O)C2(OCCO2)c2cc(Br)ccc21. The minimum atomic E-state index is -1.28. The minimum Gasteiger partial charge on any atom is -0.493 e. The summed E-state index contributed by atoms with van der Waals surface area (Å²) in [6.07, 6.45) is 0.714. The molecule has 0 radical (unpaired) electrons. The Bertz CT molecular complexity index is 832. The first-order valence-electron chi connectivity index (χ1n) is 8.70. The van der Waals surface area contributed by atoms with Crippen molar-refractivity contribution in [2.45, 2.75) is 19.1 Å². The Balaban J connectivity index is 1.47. The number of rotatable bonds is 5. The average Bonchev–Trinajstić information content (AvgIpc) is 3.21. The highest BCUT2D eigenvalue weighted by molar-refractivity contribution is 9.10. The maximum atomic E-state index is 13.0. The molecule has 0 N–H and O–H groups in total. The van der Waals surface area contributed by atoms with Crippen LogP contribution in [-0.2, 0) is 20.1 Å². The molecule has 6 heteroatoms. The van der Waals surface area contributed by atoms with Crippen molar-refractivity contribution in [2.75, 3.05) is 31.3 Å². The van der Waals surface area contributed by atoms with Gasteiger partial charge in [-0.3, -0.25) is 4.79 Å². The van der Waals surface area contributed by atoms with Crippen LogP contribution in [-0.4, -0.2) is 32.3 Å². The quantitative estimate of drug-likeness (QED) is 0.694. The number of benzene rings is 2. The standard InChI is InChI=1S/C20H20BrNO4/c1-14-5-2-3-6-18(14)24-10-4-9-22-17-8-7-15(21)13-16(17)20(19(22)23)25-11-12-26-20/h2-3,5-8,13H,4,9-12H2,1H3. The number of halogens is 1. The molecule has 1 fully saturated rings. The normalized spacial score (nSPS) is 17.8. The van der Waals surface area contributed by atoms with Crippen molar-refractivity contribution in [1.82, 2.24) is 0 Å². The Labute approximate surface area is 161 Å². The van der Waals surface area contributed by atoms with Crippen molar-refractivity contribution in [3.05, 3.63) is 58.1 Å². The predicted octanol–water partition coefficient (Wildman–Crippen LogP) is 3.77. The van der Waals surface area contributed by atoms with Gasteiger partial charge in [0.15, 0.2) is 0 Å². The number of hydrogen-bond donors (Lipinski definition) is 0. The van der Waals surface area contributed by atoms with Gasteiger partial charge in [0.2, 0.25) is 0 Å². The zero-order chi connectivity index (χ0) is 18.1. The Kier molecular flexibility index (Phi) is 4.73. The fourth-order valence-corrected chi connectivity index (χ4v) is 3.81. The molecular formula is C20H20BrNO4. The molecule has 0 atom stereocenters. The molecule has 2 aromatic rings. The molecule has 26 heavy (non-hydrogen) atoms. The van der Waals surface area contributed by atoms with Gasteiger partial charge in [-0.25, -0.2) is 0 Å². The van der Waals surface area contributed by atoms with Crippen LogP contribution in [0.2, 0.25) is 0 Å². The number of carbonyl (C=O) groups is 1. The van der Waals surface area contributed by atoms with E-state index in [9.17, 15) is 4.79 Å². The number of hydrogen-bond acceptors (Lipinski definition) is 4. The summed E-state index contributed by atoms with van der Waals surface area (Å²) in [5, 5.41) is 0. The van der Waals surface area contributed by atoms with Crippen LogP contribution >= 0.6 is 15.9 Å². The van der Waals surface area contributed by atoms with Gasteiger partial charge >= 0.3 is 0 Å². The molecule has 4 rings (SSSR count). The van der Waals surface area contributed by atoms with Crippen molar-refractivity contribution in [2.24, 2.45) is 0 Å². The van der Waals surface area contributed by atoms with E-state index in [4.69, 9.17) is 14.2 Å². The van der Waals surface area contributed by atoms with E-state index in [1.54, 1.807) is 4.90 Å². The lowest BCUT2D eigenvalue weighted by atomic mass is 10.1. The summed E-state index contributed by atoms with van der Waals surface area (Å²) >= 11 is 3.47. The number of aryl methyl sites for hydroxylation is 1. The van der Waals surface area contributed by atoms with Crippen molar-refractivity contribution in [3.63, 3.8) is 0 Å². The first-order chi connectivity index (χ1) is 12.6. The fraction of sp³-hybridized carbons (Fsp3) is 0.350. The molecule has 0 unspecified atom stereocenters. The maximum absolute atomic E-state index is 13.0. The smallest absolute Gasteiger partial charge is 0.292 e. The third-order valence-corrected chi connectivity index (χ3v) is 5.20. The second-order valence-electron chi connectivity index (χ2n) is 6.40. The minimum absolute atomic E-state index is 0.154. The fourth-order valence-electron chi connectivity index (χ4n) is 3.45. The van der Waals surface area contributed by atoms with E-state index in [0.29, 0.717) is 32.8 Å². The molecule has 2 heterocycles. The number of ether oxygens (including phenoxy) is 3. The summed E-state index contributed by atoms with van der Waals surface area (Å²) in [4.78, 5) is 14.8. The third kappa shape index (κ3) is 2.92. The molecule has 0 aromatic heterocycles. The molecule has 1 spiro atoms. The van der Waals surface area contributed by atoms with E-state index >= 15 is 0 Å². The van der Waals surface area contributed by atoms with E-state index < -0.39 is 5.79 Å². The number of amides is 1. The van der Waals surface area contributed by atoms with Crippen LogP contribution in [0.3, 0.4) is 0 Å². The Hall–Kier alpha value is -1.89. The number of fused-ring (bicyclic) bond motifs is 2. The van der Waals surface area contributed by atoms with E-state index in [0.717, 1.165) is 27.0 Å². The molecule has 1 amide bonds. The highest BCUT2D eigenvalue weighted by atomic mass is 79.9. The van der Waals surface area contributed by atoms with E-state index in [2.05, 4.69) is 15.9 Å². The van der Waals surface area contributed by atoms with E-state index in [1.807, 2.05) is 49.4 Å². The van der Waals surface area contributed by atoms with Crippen LogP contribution in [0, 0.1) is 6.92 Å². The summed E-state index contributed by atoms with van der Waals surface area (Å²) in [6.45, 7) is 3.94. The van der Waals surface area contributed by atoms with Crippen LogP contribution in [0.15, 0.2) is 46.9 Å². The molecule has 0 bridgehead atoms. The molecule has 2 aliphatic rings. The van der Waals surface area contributed by atoms with Crippen LogP contribution in [0.1, 0.15) is 17.5 Å². The number of carbonyl (C=O) groups excluding carboxylic acids is 1. The molecule has 1 saturated heterocycles. The molecule has 2 aliphatic heterocycles. The predicted molar refractivity (Wildman–Crippen MR) is 101 cm³/mol. The highest BCUT2D eigenvalue weighted by Crippen LogP contribution is 2.46. The van der Waals surface area contributed by atoms with E-state index in [-0.39, 0.29) is 5.91 Å². The van der Waals surface area contributed by atoms with Gasteiger partial charge < -0.3 is 19.1 Å². The lowest BCUT2D eigenvalue weighted by Gasteiger charge is -2.22. The summed E-state index contributed by atoms with van der Waals surface area (Å²) in [5.41, 5.74) is 2.72. The van der Waals surface area contributed by atoms with Gasteiger partial charge in [-0.15, -0.1) is 0 Å². The van der Waals surface area contributed by atoms with Gasteiger partial charge in [-0.05, 0) is 43.2 Å². The lowest BCUT2D eigenvalue weighted by Crippen LogP contribution is -2.41. The summed E-state index contributed by atoms with van der Waals surface area (Å²) < 4.78 is 18.2. The number of nitrogens with zero attached hydrogens (tertiary/aromatic N) is 1. The first kappa shape index (κ1) is 17.5. The molecule has 136 valence electrons. The first-order valence-corrected chi connectivity index (χ1v) is 9.49. The summed E-state index contributed by atoms with van der Waals surface area (Å²) in [6, 6.07) is 13.7. The second kappa shape index (κ2) is 7.02. The Morgan fingerprint density at radius 1 is 1.19 bits per heavy atom. The van der Waals surface area contributed by atoms with Gasteiger partial charge in [0, 0.05) is 16.6 Å². The molecule has 5 nitrogen and oxygen atoms in total. The van der Waals surface area contributed by atoms with Crippen LogP contribution in [0.4, 0.5) is 5.69 Å². The zero-order valence-corrected chi connectivity index (χ0v) is 16.1. The third-order valence-electron chi connectivity index (χ3n) is 4.70. The molecule has 0 saturated carbocycles. The topological polar surface area (TPSA) is 48.0 Å².